The van der Waals surface area contributed by atoms with Crippen molar-refractivity contribution in [1.82, 2.24) is 0 Å². The second-order valence-electron chi connectivity index (χ2n) is 17.2. The minimum Gasteiger partial charge on any atom is -0.455 e. The Balaban J connectivity index is 0.975. The predicted molar refractivity (Wildman–Crippen MR) is 194 cm³/mol. The lowest BCUT2D eigenvalue weighted by Gasteiger charge is -2.68. The van der Waals surface area contributed by atoms with E-state index in [9.17, 15) is 0 Å². The van der Waals surface area contributed by atoms with Crippen LogP contribution in [0.25, 0.3) is 43.8 Å². The van der Waals surface area contributed by atoms with Gasteiger partial charge < -0.3 is 4.42 Å². The van der Waals surface area contributed by atoms with Gasteiger partial charge in [0.25, 0.3) is 0 Å². The lowest BCUT2D eigenvalue weighted by Crippen LogP contribution is -2.61. The quantitative estimate of drug-likeness (QED) is 0.192. The van der Waals surface area contributed by atoms with E-state index in [1.54, 1.807) is 50.5 Å². The molecule has 5 aromatic rings. The molecular weight excluding hydrogens is 569 g/mol. The Bertz CT molecular complexity index is 1940. The molecule has 11 rings (SSSR count). The summed E-state index contributed by atoms with van der Waals surface area (Å²) < 4.78 is 6.48. The van der Waals surface area contributed by atoms with Crippen molar-refractivity contribution in [2.75, 3.05) is 0 Å². The standard InChI is InChI=1S/C46H50O/c1-2-12-32-27(9-1)19-21-39-40-24-30(20-22-43(40)47-46(32)39)28-10-7-11-29(23-28)31-25-41-35-15-5-3-13-33(35)37-17-8-18-38-34-14-4-6-16-36(34)42(26-31)45(41)44(37)38/h1-2,7,9-12,19-24,31,33-38,41-42,44-45H,3-6,8,13-18,25-26H2. The van der Waals surface area contributed by atoms with Crippen molar-refractivity contribution >= 4 is 32.7 Å². The van der Waals surface area contributed by atoms with Gasteiger partial charge in [-0.3, -0.25) is 0 Å². The molecule has 1 heterocycles. The van der Waals surface area contributed by atoms with Crippen molar-refractivity contribution in [2.24, 2.45) is 59.2 Å². The van der Waals surface area contributed by atoms with Gasteiger partial charge in [0.2, 0.25) is 0 Å². The summed E-state index contributed by atoms with van der Waals surface area (Å²) in [5.74, 6) is 11.2. The minimum atomic E-state index is 0.730. The number of benzene rings is 4. The molecule has 0 amide bonds. The van der Waals surface area contributed by atoms with Crippen molar-refractivity contribution in [3.63, 3.8) is 0 Å². The summed E-state index contributed by atoms with van der Waals surface area (Å²) in [5, 5.41) is 4.91. The molecule has 1 nitrogen and oxygen atoms in total. The van der Waals surface area contributed by atoms with E-state index in [2.05, 4.69) is 78.9 Å². The number of hydrogen-bond acceptors (Lipinski definition) is 1. The zero-order valence-corrected chi connectivity index (χ0v) is 28.0. The van der Waals surface area contributed by atoms with Crippen LogP contribution in [0.5, 0.6) is 0 Å². The van der Waals surface area contributed by atoms with Crippen molar-refractivity contribution in [3.8, 4) is 11.1 Å². The van der Waals surface area contributed by atoms with Gasteiger partial charge >= 0.3 is 0 Å². The van der Waals surface area contributed by atoms with E-state index >= 15 is 0 Å². The molecule has 4 aromatic carbocycles. The second-order valence-corrected chi connectivity index (χ2v) is 17.2. The Morgan fingerprint density at radius 1 is 0.447 bits per heavy atom. The molecule has 6 saturated carbocycles. The summed E-state index contributed by atoms with van der Waals surface area (Å²) in [7, 11) is 0. The Kier molecular flexibility index (Phi) is 6.35. The zero-order valence-electron chi connectivity index (χ0n) is 28.0. The average Bonchev–Trinajstić information content (AvgIpc) is 3.53. The van der Waals surface area contributed by atoms with Crippen LogP contribution in [0.2, 0.25) is 0 Å². The summed E-state index contributed by atoms with van der Waals surface area (Å²) in [6, 6.07) is 29.9. The fraction of sp³-hybridized carbons (Fsp3) is 0.522. The molecule has 6 fully saturated rings. The van der Waals surface area contributed by atoms with Crippen molar-refractivity contribution in [3.05, 3.63) is 84.4 Å². The SMILES string of the molecule is c1cc(-c2ccc3oc4c5ccccc5ccc4c3c2)cc(C2CC3C4CCCCC4C4CCCC5C6CCCCC6C(C2)C3C45)c1. The number of hydrogen-bond donors (Lipinski definition) is 0. The summed E-state index contributed by atoms with van der Waals surface area (Å²) >= 11 is 0. The van der Waals surface area contributed by atoms with E-state index in [1.807, 2.05) is 0 Å². The van der Waals surface area contributed by atoms with Crippen LogP contribution in [0.4, 0.5) is 0 Å². The molecule has 8 atom stereocenters. The first kappa shape index (κ1) is 27.8. The molecule has 1 heteroatoms. The Morgan fingerprint density at radius 2 is 1.09 bits per heavy atom. The van der Waals surface area contributed by atoms with Crippen LogP contribution in [-0.2, 0) is 0 Å². The Hall–Kier alpha value is -3.06. The normalized spacial score (nSPS) is 37.7. The van der Waals surface area contributed by atoms with Crippen LogP contribution in [0.1, 0.15) is 95.0 Å². The Morgan fingerprint density at radius 3 is 1.83 bits per heavy atom. The first-order chi connectivity index (χ1) is 23.3. The van der Waals surface area contributed by atoms with Crippen LogP contribution in [0.3, 0.4) is 0 Å². The zero-order chi connectivity index (χ0) is 30.6. The van der Waals surface area contributed by atoms with E-state index in [-0.39, 0.29) is 0 Å². The van der Waals surface area contributed by atoms with Crippen LogP contribution in [-0.4, -0.2) is 0 Å². The number of rotatable bonds is 2. The second kappa shape index (κ2) is 10.7. The fourth-order valence-corrected chi connectivity index (χ4v) is 14.2. The van der Waals surface area contributed by atoms with Gasteiger partial charge in [-0.2, -0.15) is 0 Å². The first-order valence-corrected chi connectivity index (χ1v) is 19.7. The molecule has 0 bridgehead atoms. The van der Waals surface area contributed by atoms with Crippen LogP contribution in [0.15, 0.2) is 83.3 Å². The van der Waals surface area contributed by atoms with E-state index in [4.69, 9.17) is 4.42 Å². The maximum atomic E-state index is 6.48. The van der Waals surface area contributed by atoms with Gasteiger partial charge in [0.15, 0.2) is 0 Å². The Labute approximate surface area is 280 Å². The molecular formula is C46H50O. The average molecular weight is 619 g/mol. The molecule has 0 saturated heterocycles. The minimum absolute atomic E-state index is 0.730. The molecule has 0 N–H and O–H groups in total. The summed E-state index contributed by atoms with van der Waals surface area (Å²) in [6.07, 6.45) is 19.9. The van der Waals surface area contributed by atoms with Crippen molar-refractivity contribution < 1.29 is 4.42 Å². The third kappa shape index (κ3) is 4.13. The number of fused-ring (bicyclic) bond motifs is 11. The molecule has 240 valence electrons. The van der Waals surface area contributed by atoms with Crippen LogP contribution < -0.4 is 0 Å². The highest BCUT2D eigenvalue weighted by atomic mass is 16.3. The molecule has 0 radical (unpaired) electrons. The molecule has 6 aliphatic rings. The third-order valence-electron chi connectivity index (χ3n) is 15.6. The van der Waals surface area contributed by atoms with Gasteiger partial charge in [0.05, 0.1) is 0 Å². The molecule has 0 spiro atoms. The van der Waals surface area contributed by atoms with E-state index in [1.165, 1.54) is 71.2 Å². The van der Waals surface area contributed by atoms with Gasteiger partial charge in [-0.15, -0.1) is 0 Å². The van der Waals surface area contributed by atoms with Gasteiger partial charge in [0.1, 0.15) is 11.2 Å². The summed E-state index contributed by atoms with van der Waals surface area (Å²) in [4.78, 5) is 0. The smallest absolute Gasteiger partial charge is 0.143 e. The molecule has 0 aliphatic heterocycles. The van der Waals surface area contributed by atoms with Crippen molar-refractivity contribution in [1.29, 1.82) is 0 Å². The highest BCUT2D eigenvalue weighted by Crippen LogP contribution is 2.70. The first-order valence-electron chi connectivity index (χ1n) is 19.7. The maximum Gasteiger partial charge on any atom is 0.143 e. The summed E-state index contributed by atoms with van der Waals surface area (Å²) in [6.45, 7) is 0. The molecule has 6 aliphatic carbocycles. The van der Waals surface area contributed by atoms with E-state index in [0.717, 1.165) is 76.3 Å². The van der Waals surface area contributed by atoms with Gasteiger partial charge in [-0.05, 0) is 157 Å². The maximum absolute atomic E-state index is 6.48. The molecule has 8 unspecified atom stereocenters. The monoisotopic (exact) mass is 618 g/mol. The summed E-state index contributed by atoms with van der Waals surface area (Å²) in [5.41, 5.74) is 6.36. The molecule has 47 heavy (non-hydrogen) atoms. The third-order valence-corrected chi connectivity index (χ3v) is 15.6. The van der Waals surface area contributed by atoms with E-state index < -0.39 is 0 Å². The predicted octanol–water partition coefficient (Wildman–Crippen LogP) is 12.8. The topological polar surface area (TPSA) is 13.1 Å². The number of furan rings is 1. The van der Waals surface area contributed by atoms with Gasteiger partial charge in [0, 0.05) is 16.2 Å². The van der Waals surface area contributed by atoms with Gasteiger partial charge in [-0.1, -0.05) is 92.8 Å². The van der Waals surface area contributed by atoms with Crippen molar-refractivity contribution in [2.45, 2.75) is 89.4 Å². The highest BCUT2D eigenvalue weighted by Gasteiger charge is 2.62. The highest BCUT2D eigenvalue weighted by molar-refractivity contribution is 6.15. The van der Waals surface area contributed by atoms with E-state index in [0.29, 0.717) is 0 Å². The van der Waals surface area contributed by atoms with Crippen LogP contribution >= 0.6 is 0 Å². The fourth-order valence-electron chi connectivity index (χ4n) is 14.2. The lowest BCUT2D eigenvalue weighted by atomic mass is 9.37. The molecule has 1 aromatic heterocycles. The largest absolute Gasteiger partial charge is 0.455 e. The van der Waals surface area contributed by atoms with Crippen LogP contribution in [0, 0.1) is 59.2 Å². The van der Waals surface area contributed by atoms with Gasteiger partial charge in [-0.25, -0.2) is 0 Å². The lowest BCUT2D eigenvalue weighted by molar-refractivity contribution is -0.189.